The topological polar surface area (TPSA) is 46.2 Å². The minimum Gasteiger partial charge on any atom is -0.497 e. The van der Waals surface area contributed by atoms with Crippen LogP contribution in [0.25, 0.3) is 0 Å². The van der Waals surface area contributed by atoms with E-state index in [-0.39, 0.29) is 6.04 Å². The molecule has 0 aliphatic rings. The molecular formula is C21H21N3OS. The van der Waals surface area contributed by atoms with Gasteiger partial charge in [0.15, 0.2) is 5.11 Å². The Hall–Kier alpha value is -2.92. The Labute approximate surface area is 159 Å². The number of nitrogens with one attached hydrogen (secondary N) is 2. The van der Waals surface area contributed by atoms with Gasteiger partial charge in [0.1, 0.15) is 5.75 Å². The number of aromatic nitrogens is 1. The Kier molecular flexibility index (Phi) is 6.17. The number of ether oxygens (including phenoxy) is 1. The Balaban J connectivity index is 1.67. The predicted octanol–water partition coefficient (Wildman–Crippen LogP) is 3.84. The van der Waals surface area contributed by atoms with Crippen molar-refractivity contribution in [2.45, 2.75) is 12.6 Å². The molecule has 0 fully saturated rings. The highest BCUT2D eigenvalue weighted by Crippen LogP contribution is 2.21. The smallest absolute Gasteiger partial charge is 0.167 e. The monoisotopic (exact) mass is 363 g/mol. The largest absolute Gasteiger partial charge is 0.497 e. The number of rotatable bonds is 6. The van der Waals surface area contributed by atoms with Crippen molar-refractivity contribution in [1.82, 2.24) is 15.6 Å². The molecule has 1 aromatic heterocycles. The van der Waals surface area contributed by atoms with E-state index in [1.165, 1.54) is 0 Å². The lowest BCUT2D eigenvalue weighted by molar-refractivity contribution is 0.414. The molecule has 0 aliphatic heterocycles. The molecule has 0 unspecified atom stereocenters. The molecule has 4 nitrogen and oxygen atoms in total. The maximum absolute atomic E-state index is 5.52. The van der Waals surface area contributed by atoms with E-state index in [2.05, 4.69) is 27.8 Å². The fraction of sp³-hybridized carbons (Fsp3) is 0.143. The molecule has 2 aromatic carbocycles. The maximum Gasteiger partial charge on any atom is 0.167 e. The molecule has 0 spiro atoms. The lowest BCUT2D eigenvalue weighted by Crippen LogP contribution is -2.37. The van der Waals surface area contributed by atoms with Crippen molar-refractivity contribution < 1.29 is 4.74 Å². The van der Waals surface area contributed by atoms with Crippen molar-refractivity contribution in [3.8, 4) is 5.75 Å². The van der Waals surface area contributed by atoms with Crippen LogP contribution in [0.5, 0.6) is 5.75 Å². The quantitative estimate of drug-likeness (QED) is 0.652. The fourth-order valence-electron chi connectivity index (χ4n) is 2.67. The maximum atomic E-state index is 5.52. The number of hydrogen-bond acceptors (Lipinski definition) is 3. The van der Waals surface area contributed by atoms with Crippen molar-refractivity contribution in [3.63, 3.8) is 0 Å². The van der Waals surface area contributed by atoms with E-state index in [0.29, 0.717) is 11.7 Å². The predicted molar refractivity (Wildman–Crippen MR) is 108 cm³/mol. The van der Waals surface area contributed by atoms with Gasteiger partial charge in [-0.15, -0.1) is 0 Å². The van der Waals surface area contributed by atoms with Gasteiger partial charge in [-0.3, -0.25) is 4.98 Å². The fourth-order valence-corrected chi connectivity index (χ4v) is 2.86. The Bertz CT molecular complexity index is 783. The molecule has 1 heterocycles. The molecule has 0 radical (unpaired) electrons. The number of nitrogens with zero attached hydrogens (tertiary/aromatic N) is 1. The zero-order chi connectivity index (χ0) is 18.2. The molecule has 0 saturated carbocycles. The second-order valence-corrected chi connectivity index (χ2v) is 6.21. The number of methoxy groups -OCH3 is 1. The van der Waals surface area contributed by atoms with E-state index in [4.69, 9.17) is 17.0 Å². The summed E-state index contributed by atoms with van der Waals surface area (Å²) in [6.07, 6.45) is 3.58. The molecule has 0 amide bonds. The minimum atomic E-state index is -0.0323. The van der Waals surface area contributed by atoms with Crippen LogP contribution in [-0.2, 0) is 6.54 Å². The molecule has 2 N–H and O–H groups in total. The van der Waals surface area contributed by atoms with Crippen LogP contribution in [0.2, 0.25) is 0 Å². The average molecular weight is 363 g/mol. The molecular weight excluding hydrogens is 342 g/mol. The number of benzene rings is 2. The summed E-state index contributed by atoms with van der Waals surface area (Å²) in [6, 6.07) is 22.1. The third-order valence-corrected chi connectivity index (χ3v) is 4.32. The molecule has 1 atom stereocenters. The first-order chi connectivity index (χ1) is 12.8. The van der Waals surface area contributed by atoms with E-state index in [9.17, 15) is 0 Å². The highest BCUT2D eigenvalue weighted by molar-refractivity contribution is 7.80. The summed E-state index contributed by atoms with van der Waals surface area (Å²) >= 11 is 5.52. The number of hydrogen-bond donors (Lipinski definition) is 2. The van der Waals surface area contributed by atoms with Crippen molar-refractivity contribution in [2.24, 2.45) is 0 Å². The van der Waals surface area contributed by atoms with Gasteiger partial charge in [0.2, 0.25) is 0 Å². The van der Waals surface area contributed by atoms with Gasteiger partial charge in [0.05, 0.1) is 13.2 Å². The van der Waals surface area contributed by atoms with Crippen LogP contribution < -0.4 is 15.4 Å². The first-order valence-corrected chi connectivity index (χ1v) is 8.79. The minimum absolute atomic E-state index is 0.0323. The lowest BCUT2D eigenvalue weighted by atomic mass is 10.00. The van der Waals surface area contributed by atoms with Crippen molar-refractivity contribution in [1.29, 1.82) is 0 Å². The zero-order valence-electron chi connectivity index (χ0n) is 14.6. The summed E-state index contributed by atoms with van der Waals surface area (Å²) < 4.78 is 5.18. The van der Waals surface area contributed by atoms with Gasteiger partial charge in [-0.2, -0.15) is 0 Å². The Morgan fingerprint density at radius 3 is 2.27 bits per heavy atom. The molecule has 26 heavy (non-hydrogen) atoms. The first-order valence-electron chi connectivity index (χ1n) is 8.38. The SMILES string of the molecule is COc1ccc(CNC(=S)N[C@@H](c2ccccc2)c2ccncc2)cc1. The summed E-state index contributed by atoms with van der Waals surface area (Å²) in [5.74, 6) is 0.844. The van der Waals surface area contributed by atoms with E-state index >= 15 is 0 Å². The van der Waals surface area contributed by atoms with Crippen molar-refractivity contribution in [2.75, 3.05) is 7.11 Å². The molecule has 5 heteroatoms. The molecule has 0 aliphatic carbocycles. The van der Waals surface area contributed by atoms with Crippen molar-refractivity contribution in [3.05, 3.63) is 95.8 Å². The molecule has 132 valence electrons. The zero-order valence-corrected chi connectivity index (χ0v) is 15.4. The van der Waals surface area contributed by atoms with Gasteiger partial charge >= 0.3 is 0 Å². The average Bonchev–Trinajstić information content (AvgIpc) is 2.72. The van der Waals surface area contributed by atoms with Crippen LogP contribution in [0.15, 0.2) is 79.1 Å². The summed E-state index contributed by atoms with van der Waals surface area (Å²) in [4.78, 5) is 4.10. The second-order valence-electron chi connectivity index (χ2n) is 5.80. The van der Waals surface area contributed by atoms with Crippen LogP contribution in [0.3, 0.4) is 0 Å². The van der Waals surface area contributed by atoms with Crippen LogP contribution in [0.1, 0.15) is 22.7 Å². The van der Waals surface area contributed by atoms with Crippen LogP contribution in [-0.4, -0.2) is 17.2 Å². The summed E-state index contributed by atoms with van der Waals surface area (Å²) in [5, 5.41) is 7.28. The van der Waals surface area contributed by atoms with Crippen LogP contribution >= 0.6 is 12.2 Å². The van der Waals surface area contributed by atoms with E-state index in [1.807, 2.05) is 54.6 Å². The Morgan fingerprint density at radius 1 is 0.962 bits per heavy atom. The van der Waals surface area contributed by atoms with E-state index < -0.39 is 0 Å². The van der Waals surface area contributed by atoms with E-state index in [1.54, 1.807) is 19.5 Å². The molecule has 0 bridgehead atoms. The lowest BCUT2D eigenvalue weighted by Gasteiger charge is -2.22. The van der Waals surface area contributed by atoms with Crippen LogP contribution in [0.4, 0.5) is 0 Å². The van der Waals surface area contributed by atoms with E-state index in [0.717, 1.165) is 22.4 Å². The summed E-state index contributed by atoms with van der Waals surface area (Å²) in [7, 11) is 1.66. The van der Waals surface area contributed by atoms with Crippen molar-refractivity contribution >= 4 is 17.3 Å². The van der Waals surface area contributed by atoms with Gasteiger partial charge < -0.3 is 15.4 Å². The summed E-state index contributed by atoms with van der Waals surface area (Å²) in [6.45, 7) is 0.647. The Morgan fingerprint density at radius 2 is 1.62 bits per heavy atom. The third kappa shape index (κ3) is 4.80. The third-order valence-electron chi connectivity index (χ3n) is 4.06. The van der Waals surface area contributed by atoms with Gasteiger partial charge in [0, 0.05) is 18.9 Å². The number of pyridine rings is 1. The van der Waals surface area contributed by atoms with Gasteiger partial charge in [-0.25, -0.2) is 0 Å². The highest BCUT2D eigenvalue weighted by atomic mass is 32.1. The number of thiocarbonyl (C=S) groups is 1. The highest BCUT2D eigenvalue weighted by Gasteiger charge is 2.14. The van der Waals surface area contributed by atoms with Gasteiger partial charge in [-0.05, 0) is 53.2 Å². The van der Waals surface area contributed by atoms with Gasteiger partial charge in [-0.1, -0.05) is 42.5 Å². The molecule has 3 rings (SSSR count). The van der Waals surface area contributed by atoms with Crippen LogP contribution in [0, 0.1) is 0 Å². The normalized spacial score (nSPS) is 11.4. The first kappa shape index (κ1) is 17.9. The molecule has 0 saturated heterocycles. The standard InChI is InChI=1S/C21H21N3OS/c1-25-19-9-7-16(8-10-19)15-23-21(26)24-20(17-5-3-2-4-6-17)18-11-13-22-14-12-18/h2-14,20H,15H2,1H3,(H2,23,24,26)/t20-/m0/s1. The summed E-state index contributed by atoms with van der Waals surface area (Å²) in [5.41, 5.74) is 3.39. The van der Waals surface area contributed by atoms with Gasteiger partial charge in [0.25, 0.3) is 0 Å². The molecule has 3 aromatic rings. The second kappa shape index (κ2) is 8.97.